The summed E-state index contributed by atoms with van der Waals surface area (Å²) in [5.41, 5.74) is 1.21. The van der Waals surface area contributed by atoms with Crippen molar-refractivity contribution < 1.29 is 0 Å². The summed E-state index contributed by atoms with van der Waals surface area (Å²) < 4.78 is 0. The topological polar surface area (TPSA) is 49.3 Å². The first-order valence-corrected chi connectivity index (χ1v) is 8.74. The molecule has 0 radical (unpaired) electrons. The van der Waals surface area contributed by atoms with Crippen molar-refractivity contribution in [1.82, 2.24) is 15.6 Å². The number of nitrogens with zero attached hydrogens (tertiary/aromatic N) is 2. The first kappa shape index (κ1) is 18.0. The Bertz CT molecular complexity index is 432. The number of hydrogen-bond acceptors (Lipinski definition) is 3. The molecular weight excluding hydrogens is 280 g/mol. The lowest BCUT2D eigenvalue weighted by Crippen LogP contribution is -2.37. The van der Waals surface area contributed by atoms with Crippen LogP contribution < -0.4 is 10.6 Å². The molecule has 0 aliphatic carbocycles. The molecule has 0 saturated carbocycles. The van der Waals surface area contributed by atoms with Crippen LogP contribution in [0.25, 0.3) is 0 Å². The van der Waals surface area contributed by atoms with Crippen LogP contribution in [0.5, 0.6) is 0 Å². The number of unbranched alkanes of at least 4 members (excludes halogenated alkanes) is 3. The maximum atomic E-state index is 4.68. The fraction of sp³-hybridized carbons (Fsp3) is 0.750. The van der Waals surface area contributed by atoms with Crippen molar-refractivity contribution in [3.63, 3.8) is 0 Å². The lowest BCUT2D eigenvalue weighted by Gasteiger charge is -2.14. The van der Waals surface area contributed by atoms with Crippen molar-refractivity contribution in [2.24, 2.45) is 4.99 Å². The van der Waals surface area contributed by atoms with Crippen LogP contribution in [0.2, 0.25) is 0 Å². The molecule has 0 fully saturated rings. The fourth-order valence-corrected chi connectivity index (χ4v) is 2.79. The molecule has 1 aromatic rings. The summed E-state index contributed by atoms with van der Waals surface area (Å²) >= 11 is 1.73. The molecule has 0 bridgehead atoms. The summed E-state index contributed by atoms with van der Waals surface area (Å²) in [4.78, 5) is 8.93. The average Bonchev–Trinajstić information content (AvgIpc) is 2.91. The van der Waals surface area contributed by atoms with Crippen LogP contribution in [-0.2, 0) is 12.0 Å². The van der Waals surface area contributed by atoms with Gasteiger partial charge in [-0.15, -0.1) is 11.3 Å². The number of hydrogen-bond donors (Lipinski definition) is 2. The minimum Gasteiger partial charge on any atom is -0.356 e. The largest absolute Gasteiger partial charge is 0.356 e. The minimum absolute atomic E-state index is 0.127. The maximum absolute atomic E-state index is 4.68. The van der Waals surface area contributed by atoms with E-state index in [1.807, 2.05) is 7.05 Å². The van der Waals surface area contributed by atoms with Crippen LogP contribution >= 0.6 is 11.3 Å². The number of nitrogens with one attached hydrogen (secondary N) is 2. The van der Waals surface area contributed by atoms with E-state index < -0.39 is 0 Å². The van der Waals surface area contributed by atoms with Gasteiger partial charge in [-0.3, -0.25) is 4.99 Å². The monoisotopic (exact) mass is 310 g/mol. The molecule has 1 heterocycles. The summed E-state index contributed by atoms with van der Waals surface area (Å²) in [5, 5.41) is 9.98. The van der Waals surface area contributed by atoms with Gasteiger partial charge in [0.05, 0.1) is 17.2 Å². The van der Waals surface area contributed by atoms with Gasteiger partial charge in [0.15, 0.2) is 5.96 Å². The lowest BCUT2D eigenvalue weighted by atomic mass is 9.98. The second kappa shape index (κ2) is 9.03. The van der Waals surface area contributed by atoms with E-state index in [0.717, 1.165) is 24.7 Å². The highest BCUT2D eigenvalue weighted by Crippen LogP contribution is 2.25. The predicted octanol–water partition coefficient (Wildman–Crippen LogP) is 3.69. The Morgan fingerprint density at radius 3 is 2.57 bits per heavy atom. The Labute approximate surface area is 133 Å². The molecule has 2 N–H and O–H groups in total. The van der Waals surface area contributed by atoms with Gasteiger partial charge in [-0.1, -0.05) is 47.0 Å². The second-order valence-electron chi connectivity index (χ2n) is 6.31. The number of rotatable bonds is 7. The second-order valence-corrected chi connectivity index (χ2v) is 7.17. The van der Waals surface area contributed by atoms with E-state index in [0.29, 0.717) is 0 Å². The van der Waals surface area contributed by atoms with Gasteiger partial charge in [-0.2, -0.15) is 0 Å². The Morgan fingerprint density at radius 2 is 2.00 bits per heavy atom. The molecule has 0 atom stereocenters. The van der Waals surface area contributed by atoms with Gasteiger partial charge in [0.2, 0.25) is 0 Å². The van der Waals surface area contributed by atoms with Gasteiger partial charge >= 0.3 is 0 Å². The van der Waals surface area contributed by atoms with Gasteiger partial charge in [0, 0.05) is 24.4 Å². The van der Waals surface area contributed by atoms with Crippen molar-refractivity contribution in [1.29, 1.82) is 0 Å². The molecule has 21 heavy (non-hydrogen) atoms. The Hall–Kier alpha value is -1.10. The van der Waals surface area contributed by atoms with Gasteiger partial charge in [0.25, 0.3) is 0 Å². The lowest BCUT2D eigenvalue weighted by molar-refractivity contribution is 0.582. The van der Waals surface area contributed by atoms with Gasteiger partial charge in [0.1, 0.15) is 0 Å². The number of guanidine groups is 1. The third-order valence-corrected chi connectivity index (χ3v) is 4.49. The van der Waals surface area contributed by atoms with Gasteiger partial charge < -0.3 is 10.6 Å². The molecule has 0 amide bonds. The molecule has 0 spiro atoms. The van der Waals surface area contributed by atoms with E-state index in [4.69, 9.17) is 0 Å². The molecule has 0 saturated heterocycles. The van der Waals surface area contributed by atoms with Crippen molar-refractivity contribution in [3.8, 4) is 0 Å². The van der Waals surface area contributed by atoms with Crippen LogP contribution in [0.15, 0.2) is 10.4 Å². The fourth-order valence-electron chi connectivity index (χ4n) is 1.89. The number of aromatic nitrogens is 1. The number of aliphatic imine (C=N–C) groups is 1. The highest BCUT2D eigenvalue weighted by molar-refractivity contribution is 7.09. The molecule has 1 aromatic heterocycles. The predicted molar refractivity (Wildman–Crippen MR) is 93.2 cm³/mol. The smallest absolute Gasteiger partial charge is 0.191 e. The van der Waals surface area contributed by atoms with E-state index in [1.165, 1.54) is 30.7 Å². The summed E-state index contributed by atoms with van der Waals surface area (Å²) in [6, 6.07) is 0. The van der Waals surface area contributed by atoms with Crippen LogP contribution in [-0.4, -0.2) is 24.5 Å². The van der Waals surface area contributed by atoms with E-state index in [9.17, 15) is 0 Å². The van der Waals surface area contributed by atoms with Crippen LogP contribution in [0.4, 0.5) is 0 Å². The molecular formula is C16H30N4S. The van der Waals surface area contributed by atoms with Gasteiger partial charge in [-0.25, -0.2) is 4.98 Å². The quantitative estimate of drug-likeness (QED) is 0.459. The Morgan fingerprint density at radius 1 is 1.24 bits per heavy atom. The summed E-state index contributed by atoms with van der Waals surface area (Å²) in [6.07, 6.45) is 5.05. The van der Waals surface area contributed by atoms with Gasteiger partial charge in [-0.05, 0) is 6.42 Å². The van der Waals surface area contributed by atoms with Crippen LogP contribution in [0.1, 0.15) is 64.1 Å². The van der Waals surface area contributed by atoms with Crippen molar-refractivity contribution in [2.45, 2.75) is 65.3 Å². The SMILES string of the molecule is CCCCCCNC(=NC)NCc1csc(C(C)(C)C)n1. The highest BCUT2D eigenvalue weighted by atomic mass is 32.1. The molecule has 120 valence electrons. The zero-order valence-corrected chi connectivity index (χ0v) is 14.9. The molecule has 1 rings (SSSR count). The number of thiazole rings is 1. The molecule has 5 heteroatoms. The zero-order chi connectivity index (χ0) is 15.7. The summed E-state index contributed by atoms with van der Waals surface area (Å²) in [5.74, 6) is 0.858. The van der Waals surface area contributed by atoms with E-state index >= 15 is 0 Å². The van der Waals surface area contributed by atoms with E-state index in [-0.39, 0.29) is 5.41 Å². The van der Waals surface area contributed by atoms with E-state index in [1.54, 1.807) is 11.3 Å². The minimum atomic E-state index is 0.127. The third-order valence-electron chi connectivity index (χ3n) is 3.18. The Balaban J connectivity index is 2.33. The summed E-state index contributed by atoms with van der Waals surface area (Å²) in [7, 11) is 1.81. The van der Waals surface area contributed by atoms with Crippen molar-refractivity contribution in [2.75, 3.05) is 13.6 Å². The molecule has 4 nitrogen and oxygen atoms in total. The standard InChI is InChI=1S/C16H30N4S/c1-6-7-8-9-10-18-15(17-5)19-11-13-12-21-14(20-13)16(2,3)4/h12H,6-11H2,1-5H3,(H2,17,18,19). The van der Waals surface area contributed by atoms with Crippen LogP contribution in [0, 0.1) is 0 Å². The van der Waals surface area contributed by atoms with Crippen molar-refractivity contribution >= 4 is 17.3 Å². The highest BCUT2D eigenvalue weighted by Gasteiger charge is 2.17. The first-order valence-electron chi connectivity index (χ1n) is 7.86. The maximum Gasteiger partial charge on any atom is 0.191 e. The Kier molecular flexibility index (Phi) is 7.72. The third kappa shape index (κ3) is 6.93. The molecule has 0 unspecified atom stereocenters. The van der Waals surface area contributed by atoms with E-state index in [2.05, 4.69) is 53.7 Å². The van der Waals surface area contributed by atoms with Crippen LogP contribution in [0.3, 0.4) is 0 Å². The normalized spacial score (nSPS) is 12.5. The average molecular weight is 311 g/mol. The first-order chi connectivity index (χ1) is 9.97. The summed E-state index contributed by atoms with van der Waals surface area (Å²) in [6.45, 7) is 10.5. The molecule has 0 aromatic carbocycles. The molecule has 0 aliphatic rings. The molecule has 0 aliphatic heterocycles. The zero-order valence-electron chi connectivity index (χ0n) is 14.1. The van der Waals surface area contributed by atoms with Crippen molar-refractivity contribution in [3.05, 3.63) is 16.1 Å².